The van der Waals surface area contributed by atoms with Crippen LogP contribution in [0, 0.1) is 0 Å². The molecule has 0 bridgehead atoms. The van der Waals surface area contributed by atoms with Gasteiger partial charge < -0.3 is 19.6 Å². The molecule has 0 heterocycles. The molecule has 1 N–H and O–H groups in total. The first kappa shape index (κ1) is 17.0. The van der Waals surface area contributed by atoms with Crippen molar-refractivity contribution in [3.8, 4) is 5.75 Å². The average molecular weight is 293 g/mol. The summed E-state index contributed by atoms with van der Waals surface area (Å²) in [6, 6.07) is 6.82. The summed E-state index contributed by atoms with van der Waals surface area (Å²) in [5.74, 6) is 0.781. The Morgan fingerprint density at radius 2 is 1.90 bits per heavy atom. The fourth-order valence-corrected chi connectivity index (χ4v) is 1.73. The van der Waals surface area contributed by atoms with Crippen molar-refractivity contribution < 1.29 is 19.1 Å². The van der Waals surface area contributed by atoms with E-state index in [1.54, 1.807) is 20.8 Å². The van der Waals surface area contributed by atoms with E-state index in [0.717, 1.165) is 11.3 Å². The number of benzene rings is 1. The third-order valence-electron chi connectivity index (χ3n) is 2.56. The van der Waals surface area contributed by atoms with E-state index < -0.39 is 17.7 Å². The number of alkyl carbamates (subject to hydrolysis) is 1. The SMILES string of the molecule is CCOc1ccc(C[C@@H](C=O)NC(=O)OC(C)(C)C)cc1. The number of aldehydes is 1. The van der Waals surface area contributed by atoms with Gasteiger partial charge in [-0.1, -0.05) is 12.1 Å². The van der Waals surface area contributed by atoms with Gasteiger partial charge in [0, 0.05) is 0 Å². The van der Waals surface area contributed by atoms with E-state index in [2.05, 4.69) is 5.32 Å². The molecule has 1 aromatic rings. The molecule has 116 valence electrons. The highest BCUT2D eigenvalue weighted by atomic mass is 16.6. The van der Waals surface area contributed by atoms with E-state index in [1.165, 1.54) is 0 Å². The van der Waals surface area contributed by atoms with E-state index in [1.807, 2.05) is 31.2 Å². The molecular formula is C16H23NO4. The third-order valence-corrected chi connectivity index (χ3v) is 2.56. The van der Waals surface area contributed by atoms with E-state index in [-0.39, 0.29) is 0 Å². The second kappa shape index (κ2) is 7.67. The van der Waals surface area contributed by atoms with Crippen molar-refractivity contribution in [1.82, 2.24) is 5.32 Å². The van der Waals surface area contributed by atoms with Gasteiger partial charge in [-0.2, -0.15) is 0 Å². The largest absolute Gasteiger partial charge is 0.494 e. The highest BCUT2D eigenvalue weighted by Gasteiger charge is 2.19. The Balaban J connectivity index is 2.57. The number of amides is 1. The van der Waals surface area contributed by atoms with Crippen molar-refractivity contribution in [3.63, 3.8) is 0 Å². The minimum absolute atomic E-state index is 0.412. The Bertz CT molecular complexity index is 462. The summed E-state index contributed by atoms with van der Waals surface area (Å²) < 4.78 is 10.5. The zero-order valence-electron chi connectivity index (χ0n) is 13.0. The Hall–Kier alpha value is -2.04. The van der Waals surface area contributed by atoms with E-state index in [0.29, 0.717) is 19.3 Å². The summed E-state index contributed by atoms with van der Waals surface area (Å²) in [5.41, 5.74) is 0.350. The first-order valence-electron chi connectivity index (χ1n) is 7.00. The third kappa shape index (κ3) is 6.79. The molecule has 0 fully saturated rings. The van der Waals surface area contributed by atoms with Crippen LogP contribution in [0.1, 0.15) is 33.3 Å². The second-order valence-electron chi connectivity index (χ2n) is 5.67. The summed E-state index contributed by atoms with van der Waals surface area (Å²) in [6.45, 7) is 7.84. The van der Waals surface area contributed by atoms with Crippen molar-refractivity contribution in [1.29, 1.82) is 0 Å². The van der Waals surface area contributed by atoms with Crippen molar-refractivity contribution in [2.75, 3.05) is 6.61 Å². The smallest absolute Gasteiger partial charge is 0.408 e. The van der Waals surface area contributed by atoms with Gasteiger partial charge in [-0.3, -0.25) is 0 Å². The standard InChI is InChI=1S/C16H23NO4/c1-5-20-14-8-6-12(7-9-14)10-13(11-18)17-15(19)21-16(2,3)4/h6-9,11,13H,5,10H2,1-4H3,(H,17,19)/t13-/m0/s1. The van der Waals surface area contributed by atoms with Gasteiger partial charge in [0.1, 0.15) is 17.6 Å². The number of nitrogens with one attached hydrogen (secondary N) is 1. The van der Waals surface area contributed by atoms with Crippen LogP contribution in [0.3, 0.4) is 0 Å². The van der Waals surface area contributed by atoms with E-state index in [4.69, 9.17) is 9.47 Å². The summed E-state index contributed by atoms with van der Waals surface area (Å²) in [4.78, 5) is 22.7. The molecule has 21 heavy (non-hydrogen) atoms. The quantitative estimate of drug-likeness (QED) is 0.819. The maximum absolute atomic E-state index is 11.6. The lowest BCUT2D eigenvalue weighted by atomic mass is 10.1. The lowest BCUT2D eigenvalue weighted by molar-refractivity contribution is -0.109. The fourth-order valence-electron chi connectivity index (χ4n) is 1.73. The van der Waals surface area contributed by atoms with Gasteiger partial charge in [-0.15, -0.1) is 0 Å². The highest BCUT2D eigenvalue weighted by Crippen LogP contribution is 2.13. The van der Waals surface area contributed by atoms with Gasteiger partial charge in [-0.05, 0) is 51.8 Å². The number of ether oxygens (including phenoxy) is 2. The van der Waals surface area contributed by atoms with E-state index in [9.17, 15) is 9.59 Å². The topological polar surface area (TPSA) is 64.6 Å². The zero-order chi connectivity index (χ0) is 15.9. The lowest BCUT2D eigenvalue weighted by Crippen LogP contribution is -2.41. The monoisotopic (exact) mass is 293 g/mol. The zero-order valence-corrected chi connectivity index (χ0v) is 13.0. The Labute approximate surface area is 125 Å². The maximum Gasteiger partial charge on any atom is 0.408 e. The van der Waals surface area contributed by atoms with Crippen molar-refractivity contribution >= 4 is 12.4 Å². The number of hydrogen-bond acceptors (Lipinski definition) is 4. The molecule has 0 aliphatic carbocycles. The predicted molar refractivity (Wildman–Crippen MR) is 80.5 cm³/mol. The van der Waals surface area contributed by atoms with Crippen LogP contribution in [0.2, 0.25) is 0 Å². The number of hydrogen-bond donors (Lipinski definition) is 1. The van der Waals surface area contributed by atoms with Crippen molar-refractivity contribution in [2.24, 2.45) is 0 Å². The van der Waals surface area contributed by atoms with Crippen LogP contribution in [0.25, 0.3) is 0 Å². The molecule has 1 rings (SSSR count). The average Bonchev–Trinajstić information content (AvgIpc) is 2.38. The van der Waals surface area contributed by atoms with Crippen LogP contribution in [0.4, 0.5) is 4.79 Å². The molecule has 5 nitrogen and oxygen atoms in total. The summed E-state index contributed by atoms with van der Waals surface area (Å²) in [7, 11) is 0. The molecule has 0 unspecified atom stereocenters. The molecule has 0 spiro atoms. The van der Waals surface area contributed by atoms with Crippen LogP contribution in [0.15, 0.2) is 24.3 Å². The predicted octanol–water partition coefficient (Wildman–Crippen LogP) is 2.72. The van der Waals surface area contributed by atoms with Gasteiger partial charge in [-0.25, -0.2) is 4.79 Å². The minimum Gasteiger partial charge on any atom is -0.494 e. The molecule has 1 amide bonds. The van der Waals surface area contributed by atoms with Gasteiger partial charge >= 0.3 is 6.09 Å². The molecule has 0 aliphatic heterocycles. The minimum atomic E-state index is -0.613. The number of carbonyl (C=O) groups excluding carboxylic acids is 2. The molecule has 0 radical (unpaired) electrons. The molecule has 5 heteroatoms. The van der Waals surface area contributed by atoms with E-state index >= 15 is 0 Å². The van der Waals surface area contributed by atoms with Crippen molar-refractivity contribution in [3.05, 3.63) is 29.8 Å². The Kier molecular flexibility index (Phi) is 6.21. The first-order chi connectivity index (χ1) is 9.84. The summed E-state index contributed by atoms with van der Waals surface area (Å²) in [6.07, 6.45) is 0.528. The van der Waals surface area contributed by atoms with Crippen LogP contribution in [-0.2, 0) is 16.0 Å². The highest BCUT2D eigenvalue weighted by molar-refractivity contribution is 5.73. The summed E-state index contributed by atoms with van der Waals surface area (Å²) in [5, 5.41) is 2.55. The molecule has 0 aliphatic rings. The molecular weight excluding hydrogens is 270 g/mol. The van der Waals surface area contributed by atoms with Gasteiger partial charge in [0.05, 0.1) is 12.6 Å². The molecule has 0 aromatic heterocycles. The Morgan fingerprint density at radius 3 is 2.38 bits per heavy atom. The van der Waals surface area contributed by atoms with Crippen LogP contribution in [0.5, 0.6) is 5.75 Å². The van der Waals surface area contributed by atoms with Gasteiger partial charge in [0.2, 0.25) is 0 Å². The first-order valence-corrected chi connectivity index (χ1v) is 7.00. The van der Waals surface area contributed by atoms with Crippen LogP contribution >= 0.6 is 0 Å². The fraction of sp³-hybridized carbons (Fsp3) is 0.500. The molecule has 1 atom stereocenters. The Morgan fingerprint density at radius 1 is 1.29 bits per heavy atom. The van der Waals surface area contributed by atoms with Crippen LogP contribution < -0.4 is 10.1 Å². The number of rotatable bonds is 6. The second-order valence-corrected chi connectivity index (χ2v) is 5.67. The normalized spacial score (nSPS) is 12.4. The van der Waals surface area contributed by atoms with Crippen LogP contribution in [-0.4, -0.2) is 30.6 Å². The molecule has 0 saturated carbocycles. The molecule has 0 saturated heterocycles. The lowest BCUT2D eigenvalue weighted by Gasteiger charge is -2.21. The van der Waals surface area contributed by atoms with Crippen molar-refractivity contribution in [2.45, 2.75) is 45.8 Å². The molecule has 1 aromatic carbocycles. The maximum atomic E-state index is 11.6. The summed E-state index contributed by atoms with van der Waals surface area (Å²) >= 11 is 0. The van der Waals surface area contributed by atoms with Gasteiger partial charge in [0.15, 0.2) is 0 Å². The van der Waals surface area contributed by atoms with Gasteiger partial charge in [0.25, 0.3) is 0 Å². The number of carbonyl (C=O) groups is 2.